The smallest absolute Gasteiger partial charge is 0.154 e. The van der Waals surface area contributed by atoms with Gasteiger partial charge in [0.05, 0.1) is 13.2 Å². The number of rotatable bonds is 6. The lowest BCUT2D eigenvalue weighted by atomic mass is 10.5. The molecular weight excluding hydrogens is 192 g/mol. The topological polar surface area (TPSA) is 18.5 Å². The Kier molecular flexibility index (Phi) is 3.23. The molecule has 2 aliphatic heterocycles. The molecule has 0 aromatic carbocycles. The van der Waals surface area contributed by atoms with Crippen LogP contribution < -0.4 is 0 Å². The summed E-state index contributed by atoms with van der Waals surface area (Å²) >= 11 is 3.92. The summed E-state index contributed by atoms with van der Waals surface area (Å²) in [6.45, 7) is 3.72. The van der Waals surface area contributed by atoms with Crippen molar-refractivity contribution in [3.63, 3.8) is 0 Å². The standard InChI is InChI=1S/C8H14O2S2/c1-6(9-2-7-4-11-7)10-3-8-5-12-8/h6-8H,2-5H2,1H3. The molecule has 2 aliphatic rings. The van der Waals surface area contributed by atoms with Gasteiger partial charge in [-0.1, -0.05) is 0 Å². The second-order valence-electron chi connectivity index (χ2n) is 3.14. The quantitative estimate of drug-likeness (QED) is 0.485. The van der Waals surface area contributed by atoms with Crippen molar-refractivity contribution in [1.82, 2.24) is 0 Å². The van der Waals surface area contributed by atoms with Crippen molar-refractivity contribution in [2.24, 2.45) is 0 Å². The monoisotopic (exact) mass is 206 g/mol. The number of thioether (sulfide) groups is 2. The van der Waals surface area contributed by atoms with Gasteiger partial charge in [-0.3, -0.25) is 0 Å². The van der Waals surface area contributed by atoms with Crippen LogP contribution in [-0.2, 0) is 9.47 Å². The van der Waals surface area contributed by atoms with Gasteiger partial charge in [-0.05, 0) is 6.92 Å². The Morgan fingerprint density at radius 2 is 1.58 bits per heavy atom. The maximum Gasteiger partial charge on any atom is 0.154 e. The molecule has 70 valence electrons. The molecule has 4 heteroatoms. The lowest BCUT2D eigenvalue weighted by Gasteiger charge is -2.12. The van der Waals surface area contributed by atoms with Crippen LogP contribution in [0.15, 0.2) is 0 Å². The molecule has 2 saturated heterocycles. The normalized spacial score (nSPS) is 34.8. The van der Waals surface area contributed by atoms with Crippen molar-refractivity contribution < 1.29 is 9.47 Å². The molecule has 2 nitrogen and oxygen atoms in total. The van der Waals surface area contributed by atoms with Crippen LogP contribution in [0.2, 0.25) is 0 Å². The van der Waals surface area contributed by atoms with E-state index in [-0.39, 0.29) is 6.29 Å². The van der Waals surface area contributed by atoms with E-state index in [1.54, 1.807) is 0 Å². The lowest BCUT2D eigenvalue weighted by Crippen LogP contribution is -2.17. The van der Waals surface area contributed by atoms with Gasteiger partial charge in [-0.2, -0.15) is 23.5 Å². The van der Waals surface area contributed by atoms with Crippen LogP contribution in [0.25, 0.3) is 0 Å². The number of hydrogen-bond donors (Lipinski definition) is 0. The SMILES string of the molecule is CC(OCC1CS1)OCC1CS1. The van der Waals surface area contributed by atoms with E-state index >= 15 is 0 Å². The summed E-state index contributed by atoms with van der Waals surface area (Å²) in [4.78, 5) is 0. The van der Waals surface area contributed by atoms with E-state index in [9.17, 15) is 0 Å². The minimum absolute atomic E-state index is 0.00704. The highest BCUT2D eigenvalue weighted by Crippen LogP contribution is 2.31. The highest BCUT2D eigenvalue weighted by molar-refractivity contribution is 8.07. The maximum atomic E-state index is 5.49. The Bertz CT molecular complexity index is 130. The number of hydrogen-bond acceptors (Lipinski definition) is 4. The third-order valence-corrected chi connectivity index (χ3v) is 3.72. The zero-order valence-corrected chi connectivity index (χ0v) is 8.83. The molecule has 12 heavy (non-hydrogen) atoms. The second-order valence-corrected chi connectivity index (χ2v) is 5.81. The van der Waals surface area contributed by atoms with Gasteiger partial charge in [-0.25, -0.2) is 0 Å². The summed E-state index contributed by atoms with van der Waals surface area (Å²) in [5.41, 5.74) is 0. The molecule has 0 saturated carbocycles. The van der Waals surface area contributed by atoms with E-state index in [0.29, 0.717) is 0 Å². The van der Waals surface area contributed by atoms with Crippen molar-refractivity contribution in [1.29, 1.82) is 0 Å². The molecule has 2 unspecified atom stereocenters. The van der Waals surface area contributed by atoms with Gasteiger partial charge in [0.1, 0.15) is 0 Å². The summed E-state index contributed by atoms with van der Waals surface area (Å²) in [6, 6.07) is 0. The van der Waals surface area contributed by atoms with Crippen LogP contribution in [-0.4, -0.2) is 41.5 Å². The molecule has 0 N–H and O–H groups in total. The maximum absolute atomic E-state index is 5.49. The van der Waals surface area contributed by atoms with Crippen LogP contribution >= 0.6 is 23.5 Å². The molecule has 0 aromatic rings. The van der Waals surface area contributed by atoms with Crippen molar-refractivity contribution in [3.8, 4) is 0 Å². The Labute approximate surface area is 81.8 Å². The zero-order valence-electron chi connectivity index (χ0n) is 7.19. The van der Waals surface area contributed by atoms with Gasteiger partial charge >= 0.3 is 0 Å². The van der Waals surface area contributed by atoms with Crippen LogP contribution in [0.4, 0.5) is 0 Å². The van der Waals surface area contributed by atoms with Gasteiger partial charge in [0, 0.05) is 22.0 Å². The molecule has 2 fully saturated rings. The van der Waals surface area contributed by atoms with Crippen molar-refractivity contribution in [2.45, 2.75) is 23.7 Å². The summed E-state index contributed by atoms with van der Waals surface area (Å²) in [5.74, 6) is 2.54. The van der Waals surface area contributed by atoms with Gasteiger partial charge in [-0.15, -0.1) is 0 Å². The predicted molar refractivity (Wildman–Crippen MR) is 53.9 cm³/mol. The van der Waals surface area contributed by atoms with E-state index < -0.39 is 0 Å². The van der Waals surface area contributed by atoms with E-state index in [2.05, 4.69) is 0 Å². The lowest BCUT2D eigenvalue weighted by molar-refractivity contribution is -0.126. The Balaban J connectivity index is 1.47. The Morgan fingerprint density at radius 3 is 1.92 bits per heavy atom. The average molecular weight is 206 g/mol. The fraction of sp³-hybridized carbons (Fsp3) is 1.00. The second kappa shape index (κ2) is 4.22. The van der Waals surface area contributed by atoms with Gasteiger partial charge < -0.3 is 9.47 Å². The van der Waals surface area contributed by atoms with E-state index in [1.165, 1.54) is 11.5 Å². The minimum atomic E-state index is -0.00704. The fourth-order valence-corrected chi connectivity index (χ4v) is 1.68. The van der Waals surface area contributed by atoms with Crippen LogP contribution in [0.5, 0.6) is 0 Å². The summed E-state index contributed by atoms with van der Waals surface area (Å²) in [7, 11) is 0. The molecule has 0 amide bonds. The molecule has 0 spiro atoms. The van der Waals surface area contributed by atoms with Crippen LogP contribution in [0, 0.1) is 0 Å². The molecule has 2 atom stereocenters. The molecule has 2 rings (SSSR count). The molecular formula is C8H14O2S2. The van der Waals surface area contributed by atoms with Gasteiger partial charge in [0.2, 0.25) is 0 Å². The van der Waals surface area contributed by atoms with Gasteiger partial charge in [0.25, 0.3) is 0 Å². The average Bonchev–Trinajstić information content (AvgIpc) is 2.89. The first-order chi connectivity index (χ1) is 5.84. The highest BCUT2D eigenvalue weighted by Gasteiger charge is 2.25. The Morgan fingerprint density at radius 1 is 1.17 bits per heavy atom. The predicted octanol–water partition coefficient (Wildman–Crippen LogP) is 1.60. The zero-order chi connectivity index (χ0) is 8.39. The third-order valence-electron chi connectivity index (χ3n) is 1.84. The van der Waals surface area contributed by atoms with E-state index in [0.717, 1.165) is 23.7 Å². The summed E-state index contributed by atoms with van der Waals surface area (Å²) in [6.07, 6.45) is -0.00704. The van der Waals surface area contributed by atoms with Crippen molar-refractivity contribution in [3.05, 3.63) is 0 Å². The van der Waals surface area contributed by atoms with E-state index in [1.807, 2.05) is 30.4 Å². The molecule has 0 aromatic heterocycles. The Hall–Kier alpha value is 0.620. The van der Waals surface area contributed by atoms with Crippen molar-refractivity contribution in [2.75, 3.05) is 24.7 Å². The fourth-order valence-electron chi connectivity index (χ4n) is 0.862. The van der Waals surface area contributed by atoms with Crippen LogP contribution in [0.3, 0.4) is 0 Å². The molecule has 0 bridgehead atoms. The molecule has 2 heterocycles. The molecule has 0 aliphatic carbocycles. The summed E-state index contributed by atoms with van der Waals surface area (Å²) < 4.78 is 11.0. The van der Waals surface area contributed by atoms with Gasteiger partial charge in [0.15, 0.2) is 6.29 Å². The first-order valence-corrected chi connectivity index (χ1v) is 6.41. The van der Waals surface area contributed by atoms with Crippen LogP contribution in [0.1, 0.15) is 6.92 Å². The third kappa shape index (κ3) is 3.56. The van der Waals surface area contributed by atoms with E-state index in [4.69, 9.17) is 9.47 Å². The number of ether oxygens (including phenoxy) is 2. The summed E-state index contributed by atoms with van der Waals surface area (Å²) in [5, 5.41) is 1.51. The highest BCUT2D eigenvalue weighted by atomic mass is 32.2. The first kappa shape index (κ1) is 9.19. The largest absolute Gasteiger partial charge is 0.352 e. The molecule has 0 radical (unpaired) electrons. The van der Waals surface area contributed by atoms with Crippen molar-refractivity contribution >= 4 is 23.5 Å². The first-order valence-electron chi connectivity index (χ1n) is 4.31. The minimum Gasteiger partial charge on any atom is -0.352 e.